The molecule has 0 N–H and O–H groups in total. The number of rotatable bonds is 6. The lowest BCUT2D eigenvalue weighted by Crippen LogP contribution is -2.29. The highest BCUT2D eigenvalue weighted by Gasteiger charge is 2.29. The fourth-order valence-corrected chi connectivity index (χ4v) is 3.97. The Morgan fingerprint density at radius 1 is 1.13 bits per heavy atom. The number of likely N-dealkylation sites (tertiary alicyclic amines) is 1. The zero-order valence-electron chi connectivity index (χ0n) is 17.4. The number of ether oxygens (including phenoxy) is 4. The molecule has 0 radical (unpaired) electrons. The summed E-state index contributed by atoms with van der Waals surface area (Å²) in [5, 5.41) is 0. The van der Waals surface area contributed by atoms with Gasteiger partial charge in [0, 0.05) is 12.6 Å². The van der Waals surface area contributed by atoms with Crippen LogP contribution in [0.4, 0.5) is 0 Å². The third-order valence-corrected chi connectivity index (χ3v) is 5.39. The van der Waals surface area contributed by atoms with E-state index in [-0.39, 0.29) is 11.9 Å². The van der Waals surface area contributed by atoms with Crippen LogP contribution in [0.15, 0.2) is 42.5 Å². The fraction of sp³-hybridized carbons (Fsp3) is 0.375. The summed E-state index contributed by atoms with van der Waals surface area (Å²) in [5.74, 6) is 2.88. The summed E-state index contributed by atoms with van der Waals surface area (Å²) in [6, 6.07) is 11.7. The lowest BCUT2D eigenvalue weighted by Gasteiger charge is -2.26. The van der Waals surface area contributed by atoms with Crippen molar-refractivity contribution < 1.29 is 23.7 Å². The third kappa shape index (κ3) is 4.22. The van der Waals surface area contributed by atoms with E-state index in [0.717, 1.165) is 42.0 Å². The molecule has 2 heterocycles. The predicted octanol–water partition coefficient (Wildman–Crippen LogP) is 4.24. The summed E-state index contributed by atoms with van der Waals surface area (Å²) in [6.07, 6.45) is 5.38. The molecule has 6 heteroatoms. The van der Waals surface area contributed by atoms with Gasteiger partial charge in [0.05, 0.1) is 19.8 Å². The van der Waals surface area contributed by atoms with Crippen LogP contribution in [0, 0.1) is 0 Å². The summed E-state index contributed by atoms with van der Waals surface area (Å²) >= 11 is 0. The van der Waals surface area contributed by atoms with Crippen LogP contribution in [-0.2, 0) is 4.79 Å². The number of nitrogens with zero attached hydrogens (tertiary/aromatic N) is 1. The molecule has 2 aliphatic rings. The number of fused-ring (bicyclic) bond motifs is 1. The molecule has 0 saturated carbocycles. The van der Waals surface area contributed by atoms with E-state index < -0.39 is 0 Å². The van der Waals surface area contributed by atoms with Crippen molar-refractivity contribution in [1.29, 1.82) is 0 Å². The Hall–Kier alpha value is -3.15. The van der Waals surface area contributed by atoms with Gasteiger partial charge >= 0.3 is 0 Å². The minimum atomic E-state index is 0.00108. The number of carbonyl (C=O) groups is 1. The van der Waals surface area contributed by atoms with Gasteiger partial charge in [0.25, 0.3) is 0 Å². The highest BCUT2D eigenvalue weighted by molar-refractivity contribution is 5.92. The summed E-state index contributed by atoms with van der Waals surface area (Å²) in [5.41, 5.74) is 1.98. The predicted molar refractivity (Wildman–Crippen MR) is 114 cm³/mol. The molecule has 6 nitrogen and oxygen atoms in total. The molecule has 0 bridgehead atoms. The van der Waals surface area contributed by atoms with Gasteiger partial charge < -0.3 is 23.8 Å². The highest BCUT2D eigenvalue weighted by Crippen LogP contribution is 2.38. The van der Waals surface area contributed by atoms with Crippen LogP contribution < -0.4 is 18.9 Å². The molecule has 0 aliphatic carbocycles. The lowest BCUT2D eigenvalue weighted by atomic mass is 10.0. The molecule has 0 spiro atoms. The number of carbonyl (C=O) groups excluding carboxylic acids is 1. The van der Waals surface area contributed by atoms with Crippen molar-refractivity contribution in [3.05, 3.63) is 53.6 Å². The van der Waals surface area contributed by atoms with E-state index in [2.05, 4.69) is 0 Å². The van der Waals surface area contributed by atoms with Crippen molar-refractivity contribution in [2.45, 2.75) is 25.8 Å². The van der Waals surface area contributed by atoms with Crippen molar-refractivity contribution in [2.24, 2.45) is 0 Å². The van der Waals surface area contributed by atoms with Crippen molar-refractivity contribution >= 4 is 12.0 Å². The quantitative estimate of drug-likeness (QED) is 0.668. The van der Waals surface area contributed by atoms with Crippen LogP contribution in [-0.4, -0.2) is 44.3 Å². The van der Waals surface area contributed by atoms with Crippen LogP contribution in [0.5, 0.6) is 23.0 Å². The molecule has 1 atom stereocenters. The number of benzene rings is 2. The Kier molecular flexibility index (Phi) is 6.12. The second kappa shape index (κ2) is 9.11. The zero-order chi connectivity index (χ0) is 20.9. The average molecular weight is 409 g/mol. The second-order valence-electron chi connectivity index (χ2n) is 7.27. The fourth-order valence-electron chi connectivity index (χ4n) is 3.97. The summed E-state index contributed by atoms with van der Waals surface area (Å²) in [6.45, 7) is 4.35. The van der Waals surface area contributed by atoms with Crippen molar-refractivity contribution in [2.75, 3.05) is 33.5 Å². The Labute approximate surface area is 177 Å². The van der Waals surface area contributed by atoms with Crippen LogP contribution >= 0.6 is 0 Å². The maximum atomic E-state index is 13.0. The minimum absolute atomic E-state index is 0.00108. The third-order valence-electron chi connectivity index (χ3n) is 5.39. The topological polar surface area (TPSA) is 57.2 Å². The van der Waals surface area contributed by atoms with E-state index in [1.165, 1.54) is 0 Å². The number of hydrogen-bond donors (Lipinski definition) is 0. The van der Waals surface area contributed by atoms with Gasteiger partial charge in [0.1, 0.15) is 13.2 Å². The van der Waals surface area contributed by atoms with Crippen molar-refractivity contribution in [1.82, 2.24) is 4.90 Å². The Bertz CT molecular complexity index is 939. The van der Waals surface area contributed by atoms with Gasteiger partial charge in [0.15, 0.2) is 23.0 Å². The van der Waals surface area contributed by atoms with Gasteiger partial charge in [0.2, 0.25) is 5.91 Å². The van der Waals surface area contributed by atoms with Crippen molar-refractivity contribution in [3.8, 4) is 23.0 Å². The first kappa shape index (κ1) is 20.1. The van der Waals surface area contributed by atoms with Gasteiger partial charge in [-0.2, -0.15) is 0 Å². The Balaban J connectivity index is 1.49. The lowest BCUT2D eigenvalue weighted by molar-refractivity contribution is -0.126. The van der Waals surface area contributed by atoms with Gasteiger partial charge in [-0.05, 0) is 61.2 Å². The van der Waals surface area contributed by atoms with Gasteiger partial charge in [-0.3, -0.25) is 4.79 Å². The highest BCUT2D eigenvalue weighted by atomic mass is 16.6. The van der Waals surface area contributed by atoms with Crippen LogP contribution in [0.2, 0.25) is 0 Å². The summed E-state index contributed by atoms with van der Waals surface area (Å²) in [7, 11) is 1.61. The smallest absolute Gasteiger partial charge is 0.247 e. The molecule has 1 fully saturated rings. The largest absolute Gasteiger partial charge is 0.493 e. The van der Waals surface area contributed by atoms with E-state index in [4.69, 9.17) is 18.9 Å². The molecule has 2 aromatic carbocycles. The van der Waals surface area contributed by atoms with Crippen LogP contribution in [0.25, 0.3) is 6.08 Å². The van der Waals surface area contributed by atoms with E-state index in [1.54, 1.807) is 13.2 Å². The molecule has 1 unspecified atom stereocenters. The SMILES string of the molecule is CCOc1cc(/C=C/C(=O)N2CCCC2c2ccc3c(c2)OCCO3)ccc1OC. The van der Waals surface area contributed by atoms with E-state index in [9.17, 15) is 4.79 Å². The molecule has 2 aliphatic heterocycles. The first-order valence-electron chi connectivity index (χ1n) is 10.4. The maximum Gasteiger partial charge on any atom is 0.247 e. The molecular weight excluding hydrogens is 382 g/mol. The number of methoxy groups -OCH3 is 1. The molecule has 1 amide bonds. The molecule has 0 aromatic heterocycles. The normalized spacial score (nSPS) is 17.9. The van der Waals surface area contributed by atoms with Crippen molar-refractivity contribution in [3.63, 3.8) is 0 Å². The van der Waals surface area contributed by atoms with Gasteiger partial charge in [-0.15, -0.1) is 0 Å². The monoisotopic (exact) mass is 409 g/mol. The molecule has 30 heavy (non-hydrogen) atoms. The molecule has 1 saturated heterocycles. The van der Waals surface area contributed by atoms with Gasteiger partial charge in [-0.25, -0.2) is 0 Å². The second-order valence-corrected chi connectivity index (χ2v) is 7.27. The molecule has 4 rings (SSSR count). The zero-order valence-corrected chi connectivity index (χ0v) is 17.4. The molecular formula is C24H27NO5. The van der Waals surface area contributed by atoms with Gasteiger partial charge in [-0.1, -0.05) is 12.1 Å². The number of hydrogen-bond acceptors (Lipinski definition) is 5. The van der Waals surface area contributed by atoms with Crippen LogP contribution in [0.1, 0.15) is 36.9 Å². The van der Waals surface area contributed by atoms with Crippen LogP contribution in [0.3, 0.4) is 0 Å². The minimum Gasteiger partial charge on any atom is -0.493 e. The number of amides is 1. The average Bonchev–Trinajstić information content (AvgIpc) is 3.27. The van der Waals surface area contributed by atoms with E-state index in [1.807, 2.05) is 54.3 Å². The first-order valence-corrected chi connectivity index (χ1v) is 10.4. The Morgan fingerprint density at radius 3 is 2.77 bits per heavy atom. The Morgan fingerprint density at radius 2 is 1.97 bits per heavy atom. The molecule has 2 aromatic rings. The standard InChI is InChI=1S/C24H27NO5/c1-3-28-22-15-17(6-9-20(22)27-2)7-11-24(26)25-12-4-5-19(25)18-8-10-21-23(16-18)30-14-13-29-21/h6-11,15-16,19H,3-5,12-14H2,1-2H3/b11-7+. The summed E-state index contributed by atoms with van der Waals surface area (Å²) in [4.78, 5) is 14.9. The summed E-state index contributed by atoms with van der Waals surface area (Å²) < 4.78 is 22.3. The van der Waals surface area contributed by atoms with E-state index in [0.29, 0.717) is 31.3 Å². The molecule has 158 valence electrons. The van der Waals surface area contributed by atoms with E-state index >= 15 is 0 Å². The first-order chi connectivity index (χ1) is 14.7. The maximum absolute atomic E-state index is 13.0.